The largest absolute Gasteiger partial charge is 0.392 e. The van der Waals surface area contributed by atoms with Crippen molar-refractivity contribution in [1.29, 1.82) is 0 Å². The standard InChI is InChI=1S/C14H26N4OS/c1-14(2,13(15)20)18-9-7-17(8-10-18)6-5-12(19)16-11-3-4-11/h11H,3-10H2,1-2H3,(H2,15,20)(H,16,19). The highest BCUT2D eigenvalue weighted by atomic mass is 32.1. The fourth-order valence-electron chi connectivity index (χ4n) is 2.47. The summed E-state index contributed by atoms with van der Waals surface area (Å²) in [5.74, 6) is 0.193. The molecule has 0 aromatic heterocycles. The molecule has 1 aliphatic heterocycles. The van der Waals surface area contributed by atoms with Crippen LogP contribution in [0.25, 0.3) is 0 Å². The van der Waals surface area contributed by atoms with Gasteiger partial charge in [-0.2, -0.15) is 0 Å². The molecule has 1 aliphatic carbocycles. The fourth-order valence-corrected chi connectivity index (χ4v) is 2.60. The van der Waals surface area contributed by atoms with E-state index in [1.165, 1.54) is 0 Å². The third-order valence-electron chi connectivity index (χ3n) is 4.36. The Hall–Kier alpha value is -0.720. The number of hydrogen-bond acceptors (Lipinski definition) is 4. The Morgan fingerprint density at radius 2 is 1.90 bits per heavy atom. The van der Waals surface area contributed by atoms with E-state index in [4.69, 9.17) is 18.0 Å². The number of carbonyl (C=O) groups excluding carboxylic acids is 1. The molecule has 3 N–H and O–H groups in total. The van der Waals surface area contributed by atoms with Gasteiger partial charge in [0.15, 0.2) is 0 Å². The van der Waals surface area contributed by atoms with Gasteiger partial charge in [0, 0.05) is 45.2 Å². The second-order valence-corrected chi connectivity index (χ2v) is 6.78. The minimum Gasteiger partial charge on any atom is -0.392 e. The van der Waals surface area contributed by atoms with Gasteiger partial charge in [-0.25, -0.2) is 0 Å². The van der Waals surface area contributed by atoms with E-state index in [-0.39, 0.29) is 11.4 Å². The van der Waals surface area contributed by atoms with E-state index in [0.29, 0.717) is 17.5 Å². The molecule has 6 heteroatoms. The van der Waals surface area contributed by atoms with Gasteiger partial charge in [-0.15, -0.1) is 0 Å². The average Bonchev–Trinajstić information content (AvgIpc) is 3.20. The Bertz CT molecular complexity index is 373. The van der Waals surface area contributed by atoms with Crippen LogP contribution in [0.4, 0.5) is 0 Å². The first-order valence-electron chi connectivity index (χ1n) is 7.46. The van der Waals surface area contributed by atoms with E-state index in [2.05, 4.69) is 29.0 Å². The molecule has 0 bridgehead atoms. The van der Waals surface area contributed by atoms with Gasteiger partial charge in [-0.3, -0.25) is 9.69 Å². The van der Waals surface area contributed by atoms with Crippen LogP contribution in [0.15, 0.2) is 0 Å². The maximum absolute atomic E-state index is 11.7. The predicted octanol–water partition coefficient (Wildman–Crippen LogP) is 0.337. The number of hydrogen-bond donors (Lipinski definition) is 2. The minimum atomic E-state index is -0.217. The van der Waals surface area contributed by atoms with Crippen LogP contribution in [-0.2, 0) is 4.79 Å². The van der Waals surface area contributed by atoms with E-state index in [0.717, 1.165) is 45.6 Å². The summed E-state index contributed by atoms with van der Waals surface area (Å²) in [4.78, 5) is 16.9. The second kappa shape index (κ2) is 6.37. The summed E-state index contributed by atoms with van der Waals surface area (Å²) < 4.78 is 0. The van der Waals surface area contributed by atoms with E-state index in [1.54, 1.807) is 0 Å². The van der Waals surface area contributed by atoms with Crippen molar-refractivity contribution in [2.24, 2.45) is 5.73 Å². The number of amides is 1. The average molecular weight is 298 g/mol. The second-order valence-electron chi connectivity index (χ2n) is 6.34. The van der Waals surface area contributed by atoms with Crippen molar-refractivity contribution in [2.45, 2.75) is 44.7 Å². The van der Waals surface area contributed by atoms with Gasteiger partial charge in [0.25, 0.3) is 0 Å². The number of piperazine rings is 1. The van der Waals surface area contributed by atoms with Crippen molar-refractivity contribution < 1.29 is 4.79 Å². The molecule has 1 heterocycles. The van der Waals surface area contributed by atoms with Crippen LogP contribution in [0.5, 0.6) is 0 Å². The van der Waals surface area contributed by atoms with Crippen molar-refractivity contribution in [1.82, 2.24) is 15.1 Å². The van der Waals surface area contributed by atoms with Crippen molar-refractivity contribution in [2.75, 3.05) is 32.7 Å². The van der Waals surface area contributed by atoms with Crippen molar-refractivity contribution in [3.05, 3.63) is 0 Å². The molecule has 2 fully saturated rings. The quantitative estimate of drug-likeness (QED) is 0.692. The molecule has 1 saturated heterocycles. The molecule has 20 heavy (non-hydrogen) atoms. The number of rotatable bonds is 6. The summed E-state index contributed by atoms with van der Waals surface area (Å²) in [6.45, 7) is 8.86. The van der Waals surface area contributed by atoms with Crippen molar-refractivity contribution in [3.63, 3.8) is 0 Å². The van der Waals surface area contributed by atoms with Gasteiger partial charge in [0.1, 0.15) is 0 Å². The smallest absolute Gasteiger partial charge is 0.221 e. The zero-order valence-corrected chi connectivity index (χ0v) is 13.3. The summed E-state index contributed by atoms with van der Waals surface area (Å²) >= 11 is 5.14. The molecule has 5 nitrogen and oxygen atoms in total. The number of nitrogens with zero attached hydrogens (tertiary/aromatic N) is 2. The summed E-state index contributed by atoms with van der Waals surface area (Å²) in [6, 6.07) is 0.464. The predicted molar refractivity (Wildman–Crippen MR) is 84.7 cm³/mol. The summed E-state index contributed by atoms with van der Waals surface area (Å²) in [6.07, 6.45) is 2.91. The molecule has 1 amide bonds. The number of thiocarbonyl (C=S) groups is 1. The van der Waals surface area contributed by atoms with Crippen molar-refractivity contribution in [3.8, 4) is 0 Å². The molecule has 0 unspecified atom stereocenters. The van der Waals surface area contributed by atoms with Crippen LogP contribution in [-0.4, -0.2) is 65.0 Å². The Morgan fingerprint density at radius 3 is 2.40 bits per heavy atom. The Morgan fingerprint density at radius 1 is 1.30 bits per heavy atom. The molecule has 0 aromatic rings. The first kappa shape index (κ1) is 15.7. The fraction of sp³-hybridized carbons (Fsp3) is 0.857. The molecular weight excluding hydrogens is 272 g/mol. The summed E-state index contributed by atoms with van der Waals surface area (Å²) in [5.41, 5.74) is 5.59. The van der Waals surface area contributed by atoms with Gasteiger partial charge < -0.3 is 16.0 Å². The van der Waals surface area contributed by atoms with E-state index < -0.39 is 0 Å². The maximum Gasteiger partial charge on any atom is 0.221 e. The van der Waals surface area contributed by atoms with Crippen molar-refractivity contribution >= 4 is 23.1 Å². The highest BCUT2D eigenvalue weighted by molar-refractivity contribution is 7.80. The van der Waals surface area contributed by atoms with E-state index in [1.807, 2.05) is 0 Å². The molecule has 0 aromatic carbocycles. The first-order valence-corrected chi connectivity index (χ1v) is 7.87. The number of nitrogens with one attached hydrogen (secondary N) is 1. The normalized spacial score (nSPS) is 21.7. The highest BCUT2D eigenvalue weighted by Crippen LogP contribution is 2.19. The molecule has 2 aliphatic rings. The van der Waals surface area contributed by atoms with Crippen LogP contribution < -0.4 is 11.1 Å². The lowest BCUT2D eigenvalue weighted by Gasteiger charge is -2.43. The van der Waals surface area contributed by atoms with Gasteiger partial charge in [-0.05, 0) is 26.7 Å². The highest BCUT2D eigenvalue weighted by Gasteiger charge is 2.32. The van der Waals surface area contributed by atoms with Crippen LogP contribution in [0.1, 0.15) is 33.1 Å². The van der Waals surface area contributed by atoms with E-state index in [9.17, 15) is 4.79 Å². The zero-order valence-electron chi connectivity index (χ0n) is 12.5. The monoisotopic (exact) mass is 298 g/mol. The molecule has 0 radical (unpaired) electrons. The van der Waals surface area contributed by atoms with Crippen LogP contribution in [0.2, 0.25) is 0 Å². The van der Waals surface area contributed by atoms with Crippen LogP contribution in [0, 0.1) is 0 Å². The molecule has 114 valence electrons. The molecule has 0 spiro atoms. The lowest BCUT2D eigenvalue weighted by atomic mass is 10.0. The van der Waals surface area contributed by atoms with Gasteiger partial charge in [0.05, 0.1) is 10.5 Å². The minimum absolute atomic E-state index is 0.193. The topological polar surface area (TPSA) is 61.6 Å². The Balaban J connectivity index is 1.68. The molecular formula is C14H26N4OS. The summed E-state index contributed by atoms with van der Waals surface area (Å²) in [7, 11) is 0. The van der Waals surface area contributed by atoms with Gasteiger partial charge in [-0.1, -0.05) is 12.2 Å². The van der Waals surface area contributed by atoms with Gasteiger partial charge in [0.2, 0.25) is 5.91 Å². The maximum atomic E-state index is 11.7. The first-order chi connectivity index (χ1) is 9.39. The van der Waals surface area contributed by atoms with Gasteiger partial charge >= 0.3 is 0 Å². The lowest BCUT2D eigenvalue weighted by Crippen LogP contribution is -2.59. The molecule has 0 atom stereocenters. The SMILES string of the molecule is CC(C)(C(N)=S)N1CCN(CCC(=O)NC2CC2)CC1. The summed E-state index contributed by atoms with van der Waals surface area (Å²) in [5, 5.41) is 3.03. The van der Waals surface area contributed by atoms with Crippen LogP contribution in [0.3, 0.4) is 0 Å². The van der Waals surface area contributed by atoms with E-state index >= 15 is 0 Å². The third-order valence-corrected chi connectivity index (χ3v) is 4.86. The molecule has 1 saturated carbocycles. The lowest BCUT2D eigenvalue weighted by molar-refractivity contribution is -0.121. The Kier molecular flexibility index (Phi) is 4.99. The Labute approximate surface area is 126 Å². The third kappa shape index (κ3) is 4.14. The zero-order chi connectivity index (χ0) is 14.8. The number of nitrogens with two attached hydrogens (primary N) is 1. The molecule has 2 rings (SSSR count). The van der Waals surface area contributed by atoms with Crippen LogP contribution >= 0.6 is 12.2 Å². The number of carbonyl (C=O) groups is 1.